The molecule has 0 unspecified atom stereocenters. The summed E-state index contributed by atoms with van der Waals surface area (Å²) in [6, 6.07) is 10.8. The fraction of sp³-hybridized carbons (Fsp3) is 0.560. The van der Waals surface area contributed by atoms with E-state index >= 15 is 0 Å². The maximum Gasteiger partial charge on any atom is 0.151 e. The van der Waals surface area contributed by atoms with Gasteiger partial charge < -0.3 is 20.7 Å². The number of nitriles is 1. The van der Waals surface area contributed by atoms with E-state index in [0.717, 1.165) is 38.5 Å². The van der Waals surface area contributed by atoms with E-state index in [2.05, 4.69) is 38.9 Å². The van der Waals surface area contributed by atoms with Crippen LogP contribution in [-0.2, 0) is 4.74 Å². The van der Waals surface area contributed by atoms with Crippen molar-refractivity contribution in [2.24, 2.45) is 5.41 Å². The average molecular weight is 453 g/mol. The van der Waals surface area contributed by atoms with E-state index in [-0.39, 0.29) is 5.41 Å². The molecule has 0 spiro atoms. The van der Waals surface area contributed by atoms with Crippen molar-refractivity contribution < 1.29 is 9.13 Å². The van der Waals surface area contributed by atoms with E-state index < -0.39 is 5.82 Å². The van der Waals surface area contributed by atoms with Crippen LogP contribution in [0.2, 0.25) is 0 Å². The zero-order valence-electron chi connectivity index (χ0n) is 19.4. The molecule has 2 aliphatic rings. The lowest BCUT2D eigenvalue weighted by molar-refractivity contribution is 0.161. The van der Waals surface area contributed by atoms with Gasteiger partial charge in [0.1, 0.15) is 11.6 Å². The van der Waals surface area contributed by atoms with E-state index in [9.17, 15) is 9.65 Å². The summed E-state index contributed by atoms with van der Waals surface area (Å²) in [5.74, 6) is 0.909. The molecule has 2 fully saturated rings. The molecule has 7 nitrogen and oxygen atoms in total. The van der Waals surface area contributed by atoms with Gasteiger partial charge in [0.05, 0.1) is 30.0 Å². The number of nitrogens with zero attached hydrogens (tertiary/aromatic N) is 3. The molecule has 33 heavy (non-hydrogen) atoms. The van der Waals surface area contributed by atoms with Gasteiger partial charge in [-0.25, -0.2) is 14.4 Å². The Bertz CT molecular complexity index is 981. The molecule has 0 amide bonds. The van der Waals surface area contributed by atoms with Gasteiger partial charge in [-0.15, -0.1) is 0 Å². The molecule has 176 valence electrons. The Hall–Kier alpha value is -2.76. The Labute approximate surface area is 195 Å². The van der Waals surface area contributed by atoms with Crippen LogP contribution in [0, 0.1) is 22.6 Å². The Morgan fingerprint density at radius 3 is 2.67 bits per heavy atom. The normalized spacial score (nSPS) is 22.2. The summed E-state index contributed by atoms with van der Waals surface area (Å²) in [6.45, 7) is 3.42. The van der Waals surface area contributed by atoms with Crippen molar-refractivity contribution in [3.63, 3.8) is 0 Å². The molecule has 8 heteroatoms. The van der Waals surface area contributed by atoms with Crippen molar-refractivity contribution in [1.29, 1.82) is 5.26 Å². The predicted molar refractivity (Wildman–Crippen MR) is 127 cm³/mol. The number of rotatable bonds is 10. The monoisotopic (exact) mass is 452 g/mol. The molecule has 2 heterocycles. The summed E-state index contributed by atoms with van der Waals surface area (Å²) < 4.78 is 19.8. The molecule has 2 aliphatic carbocycles. The lowest BCUT2D eigenvalue weighted by Gasteiger charge is -2.31. The first-order chi connectivity index (χ1) is 16.0. The third-order valence-corrected chi connectivity index (χ3v) is 6.60. The molecular weight excluding hydrogens is 419 g/mol. The van der Waals surface area contributed by atoms with Crippen molar-refractivity contribution in [3.05, 3.63) is 36.3 Å². The van der Waals surface area contributed by atoms with Crippen molar-refractivity contribution in [2.75, 3.05) is 30.9 Å². The van der Waals surface area contributed by atoms with Gasteiger partial charge in [-0.3, -0.25) is 0 Å². The molecule has 2 aromatic rings. The lowest BCUT2D eigenvalue weighted by atomic mass is 9.90. The highest BCUT2D eigenvalue weighted by molar-refractivity contribution is 5.65. The van der Waals surface area contributed by atoms with Crippen molar-refractivity contribution in [1.82, 2.24) is 15.3 Å². The Balaban J connectivity index is 1.37. The van der Waals surface area contributed by atoms with Crippen molar-refractivity contribution >= 4 is 11.6 Å². The van der Waals surface area contributed by atoms with E-state index in [1.807, 2.05) is 12.1 Å². The molecule has 2 aromatic heterocycles. The molecule has 0 radical (unpaired) electrons. The average Bonchev–Trinajstić information content (AvgIpc) is 3.61. The fourth-order valence-corrected chi connectivity index (χ4v) is 4.45. The van der Waals surface area contributed by atoms with Crippen LogP contribution in [-0.4, -0.2) is 48.4 Å². The molecular formula is C25H33FN6O. The van der Waals surface area contributed by atoms with E-state index in [0.29, 0.717) is 54.2 Å². The molecule has 0 saturated heterocycles. The number of anilines is 2. The maximum atomic E-state index is 14.6. The van der Waals surface area contributed by atoms with Crippen LogP contribution >= 0.6 is 0 Å². The van der Waals surface area contributed by atoms with E-state index in [1.165, 1.54) is 6.20 Å². The second-order valence-electron chi connectivity index (χ2n) is 9.42. The van der Waals surface area contributed by atoms with Gasteiger partial charge in [0.2, 0.25) is 0 Å². The van der Waals surface area contributed by atoms with E-state index in [4.69, 9.17) is 4.74 Å². The number of halogens is 1. The molecule has 0 aromatic carbocycles. The van der Waals surface area contributed by atoms with Crippen LogP contribution in [0.4, 0.5) is 16.0 Å². The highest BCUT2D eigenvalue weighted by atomic mass is 19.1. The van der Waals surface area contributed by atoms with Gasteiger partial charge in [-0.1, -0.05) is 6.07 Å². The number of pyridine rings is 2. The Morgan fingerprint density at radius 2 is 1.97 bits per heavy atom. The van der Waals surface area contributed by atoms with Crippen molar-refractivity contribution in [3.8, 4) is 17.3 Å². The number of hydrogen-bond donors (Lipinski definition) is 3. The standard InChI is InChI=1S/C25H33FN6O/c1-17(14-33-2)30-18-6-8-19(9-7-18)31-24-12-20(21(26)13-28-24)22-4-3-5-23(32-22)29-16-25(15-27)10-11-25/h3-5,12-13,17-19,30H,6-11,14,16H2,1-2H3,(H,28,31)(H,29,32)/t17-,18-,19-/m1/s1. The lowest BCUT2D eigenvalue weighted by Crippen LogP contribution is -2.42. The minimum atomic E-state index is -0.402. The number of nitrogens with one attached hydrogen (secondary N) is 3. The zero-order chi connectivity index (χ0) is 23.3. The van der Waals surface area contributed by atoms with Crippen molar-refractivity contribution in [2.45, 2.75) is 63.6 Å². The number of methoxy groups -OCH3 is 1. The first kappa shape index (κ1) is 23.4. The summed E-state index contributed by atoms with van der Waals surface area (Å²) in [6.07, 6.45) is 7.31. The summed E-state index contributed by atoms with van der Waals surface area (Å²) in [4.78, 5) is 8.84. The predicted octanol–water partition coefficient (Wildman–Crippen LogP) is 4.35. The number of hydrogen-bond acceptors (Lipinski definition) is 7. The topological polar surface area (TPSA) is 94.9 Å². The van der Waals surface area contributed by atoms with Crippen LogP contribution < -0.4 is 16.0 Å². The maximum absolute atomic E-state index is 14.6. The zero-order valence-corrected chi connectivity index (χ0v) is 19.4. The molecule has 4 rings (SSSR count). The summed E-state index contributed by atoms with van der Waals surface area (Å²) in [7, 11) is 1.73. The Morgan fingerprint density at radius 1 is 1.21 bits per heavy atom. The second kappa shape index (κ2) is 10.4. The smallest absolute Gasteiger partial charge is 0.151 e. The van der Waals surface area contributed by atoms with Crippen LogP contribution in [0.25, 0.3) is 11.3 Å². The van der Waals surface area contributed by atoms with Gasteiger partial charge in [-0.05, 0) is 63.6 Å². The molecule has 1 atom stereocenters. The third-order valence-electron chi connectivity index (χ3n) is 6.60. The highest BCUT2D eigenvalue weighted by Crippen LogP contribution is 2.44. The number of aromatic nitrogens is 2. The quantitative estimate of drug-likeness (QED) is 0.493. The minimum absolute atomic E-state index is 0.271. The molecule has 2 saturated carbocycles. The fourth-order valence-electron chi connectivity index (χ4n) is 4.45. The summed E-state index contributed by atoms with van der Waals surface area (Å²) in [5, 5.41) is 19.6. The SMILES string of the molecule is COC[C@@H](C)N[C@H]1CC[C@H](Nc2cc(-c3cccc(NCC4(C#N)CC4)n3)c(F)cn2)CC1. The van der Waals surface area contributed by atoms with Gasteiger partial charge in [0, 0.05) is 37.3 Å². The third kappa shape index (κ3) is 6.18. The molecule has 3 N–H and O–H groups in total. The van der Waals surface area contributed by atoms with Gasteiger partial charge in [-0.2, -0.15) is 5.26 Å². The highest BCUT2D eigenvalue weighted by Gasteiger charge is 2.42. The largest absolute Gasteiger partial charge is 0.383 e. The van der Waals surface area contributed by atoms with E-state index in [1.54, 1.807) is 19.2 Å². The first-order valence-electron chi connectivity index (χ1n) is 11.8. The van der Waals surface area contributed by atoms with Crippen LogP contribution in [0.5, 0.6) is 0 Å². The summed E-state index contributed by atoms with van der Waals surface area (Å²) in [5.41, 5.74) is 0.693. The number of ether oxygens (including phenoxy) is 1. The van der Waals surface area contributed by atoms with Gasteiger partial charge in [0.15, 0.2) is 5.82 Å². The van der Waals surface area contributed by atoms with Gasteiger partial charge >= 0.3 is 0 Å². The van der Waals surface area contributed by atoms with Crippen LogP contribution in [0.3, 0.4) is 0 Å². The summed E-state index contributed by atoms with van der Waals surface area (Å²) >= 11 is 0. The second-order valence-corrected chi connectivity index (χ2v) is 9.42. The van der Waals surface area contributed by atoms with Gasteiger partial charge in [0.25, 0.3) is 0 Å². The molecule has 0 bridgehead atoms. The Kier molecular flexibility index (Phi) is 7.41. The minimum Gasteiger partial charge on any atom is -0.383 e. The first-order valence-corrected chi connectivity index (χ1v) is 11.8. The van der Waals surface area contributed by atoms with Crippen LogP contribution in [0.15, 0.2) is 30.5 Å². The van der Waals surface area contributed by atoms with Crippen LogP contribution in [0.1, 0.15) is 45.4 Å². The molecule has 0 aliphatic heterocycles.